The molecule has 0 aliphatic heterocycles. The van der Waals surface area contributed by atoms with Crippen LogP contribution in [0.4, 0.5) is 4.39 Å². The van der Waals surface area contributed by atoms with E-state index in [-0.39, 0.29) is 5.82 Å². The van der Waals surface area contributed by atoms with E-state index in [2.05, 4.69) is 15.5 Å². The van der Waals surface area contributed by atoms with Gasteiger partial charge in [-0.15, -0.1) is 0 Å². The average Bonchev–Trinajstić information content (AvgIpc) is 2.83. The number of nitrogens with one attached hydrogen (secondary N) is 1. The molecule has 7 heteroatoms. The molecule has 0 aliphatic carbocycles. The Morgan fingerprint density at radius 2 is 2.13 bits per heavy atom. The Morgan fingerprint density at radius 3 is 2.70 bits per heavy atom. The molecule has 0 atom stereocenters. The number of benzene rings is 1. The first kappa shape index (κ1) is 17.3. The van der Waals surface area contributed by atoms with E-state index >= 15 is 0 Å². The van der Waals surface area contributed by atoms with E-state index in [0.717, 1.165) is 17.0 Å². The molecule has 124 valence electrons. The van der Waals surface area contributed by atoms with E-state index in [0.29, 0.717) is 29.6 Å². The number of hydrogen-bond donors (Lipinski definition) is 1. The van der Waals surface area contributed by atoms with Gasteiger partial charge in [-0.25, -0.2) is 4.39 Å². The lowest BCUT2D eigenvalue weighted by molar-refractivity contribution is 0.392. The van der Waals surface area contributed by atoms with Crippen LogP contribution in [0.5, 0.6) is 0 Å². The fourth-order valence-corrected chi connectivity index (χ4v) is 2.52. The lowest BCUT2D eigenvalue weighted by Crippen LogP contribution is -2.38. The van der Waals surface area contributed by atoms with E-state index in [4.69, 9.17) is 16.1 Å². The number of nitrogens with zero attached hydrogens (tertiary/aromatic N) is 3. The third-order valence-corrected chi connectivity index (χ3v) is 3.99. The highest BCUT2D eigenvalue weighted by molar-refractivity contribution is 6.31. The molecule has 0 saturated heterocycles. The Hall–Kier alpha value is -2.08. The molecule has 1 aromatic carbocycles. The smallest absolute Gasteiger partial charge is 0.193 e. The van der Waals surface area contributed by atoms with Crippen LogP contribution in [0.25, 0.3) is 0 Å². The molecule has 0 radical (unpaired) electrons. The molecule has 1 aromatic heterocycles. The van der Waals surface area contributed by atoms with Crippen LogP contribution in [0.2, 0.25) is 5.02 Å². The Labute approximate surface area is 140 Å². The fourth-order valence-electron chi connectivity index (χ4n) is 2.30. The maximum atomic E-state index is 13.9. The summed E-state index contributed by atoms with van der Waals surface area (Å²) in [6, 6.07) is 4.66. The van der Waals surface area contributed by atoms with Gasteiger partial charge in [-0.05, 0) is 26.0 Å². The van der Waals surface area contributed by atoms with Crippen molar-refractivity contribution in [2.75, 3.05) is 14.1 Å². The summed E-state index contributed by atoms with van der Waals surface area (Å²) in [5.74, 6) is 1.07. The van der Waals surface area contributed by atoms with Crippen molar-refractivity contribution in [2.24, 2.45) is 4.99 Å². The van der Waals surface area contributed by atoms with Crippen molar-refractivity contribution in [3.8, 4) is 0 Å². The minimum atomic E-state index is -0.328. The zero-order valence-corrected chi connectivity index (χ0v) is 14.4. The first-order valence-corrected chi connectivity index (χ1v) is 7.58. The van der Waals surface area contributed by atoms with Gasteiger partial charge in [-0.2, -0.15) is 0 Å². The maximum Gasteiger partial charge on any atom is 0.193 e. The molecule has 23 heavy (non-hydrogen) atoms. The first-order valence-electron chi connectivity index (χ1n) is 7.20. The standard InChI is InChI=1S/C16H20ClFN4O/c1-10-12(11(2)23-21-10)8-20-16(19-3)22(4)9-13-14(17)6-5-7-15(13)18/h5-7H,8-9H2,1-4H3,(H,19,20). The molecule has 0 aliphatic rings. The van der Waals surface area contributed by atoms with Gasteiger partial charge < -0.3 is 14.7 Å². The van der Waals surface area contributed by atoms with E-state index in [9.17, 15) is 4.39 Å². The van der Waals surface area contributed by atoms with Crippen LogP contribution >= 0.6 is 11.6 Å². The molecule has 2 rings (SSSR count). The predicted octanol–water partition coefficient (Wildman–Crippen LogP) is 3.29. The largest absolute Gasteiger partial charge is 0.361 e. The Morgan fingerprint density at radius 1 is 1.39 bits per heavy atom. The SMILES string of the molecule is CN=C(NCc1c(C)noc1C)N(C)Cc1c(F)cccc1Cl. The number of guanidine groups is 1. The Kier molecular flexibility index (Phi) is 5.60. The molecular formula is C16H20ClFN4O. The second-order valence-electron chi connectivity index (χ2n) is 5.26. The number of halogens is 2. The Balaban J connectivity index is 2.06. The van der Waals surface area contributed by atoms with Gasteiger partial charge >= 0.3 is 0 Å². The van der Waals surface area contributed by atoms with Crippen molar-refractivity contribution < 1.29 is 8.91 Å². The van der Waals surface area contributed by atoms with E-state index in [1.807, 2.05) is 25.8 Å². The molecule has 0 fully saturated rings. The zero-order chi connectivity index (χ0) is 17.0. The van der Waals surface area contributed by atoms with Crippen LogP contribution in [0.1, 0.15) is 22.6 Å². The van der Waals surface area contributed by atoms with Crippen LogP contribution in [-0.4, -0.2) is 30.1 Å². The number of aryl methyl sites for hydroxylation is 2. The zero-order valence-electron chi connectivity index (χ0n) is 13.7. The van der Waals surface area contributed by atoms with Gasteiger partial charge in [0.15, 0.2) is 5.96 Å². The monoisotopic (exact) mass is 338 g/mol. The maximum absolute atomic E-state index is 13.9. The third-order valence-electron chi connectivity index (χ3n) is 3.63. The minimum absolute atomic E-state index is 0.312. The second kappa shape index (κ2) is 7.46. The molecule has 1 N–H and O–H groups in total. The molecule has 2 aromatic rings. The fraction of sp³-hybridized carbons (Fsp3) is 0.375. The molecule has 5 nitrogen and oxygen atoms in total. The van der Waals surface area contributed by atoms with Crippen LogP contribution in [-0.2, 0) is 13.1 Å². The van der Waals surface area contributed by atoms with Crippen LogP contribution in [0.15, 0.2) is 27.7 Å². The lowest BCUT2D eigenvalue weighted by Gasteiger charge is -2.23. The second-order valence-corrected chi connectivity index (χ2v) is 5.67. The van der Waals surface area contributed by atoms with Gasteiger partial charge in [-0.3, -0.25) is 4.99 Å². The number of hydrogen-bond acceptors (Lipinski definition) is 3. The highest BCUT2D eigenvalue weighted by Crippen LogP contribution is 2.20. The summed E-state index contributed by atoms with van der Waals surface area (Å²) in [5.41, 5.74) is 2.27. The summed E-state index contributed by atoms with van der Waals surface area (Å²) < 4.78 is 19.0. The molecule has 0 bridgehead atoms. The highest BCUT2D eigenvalue weighted by atomic mass is 35.5. The van der Waals surface area contributed by atoms with Crippen LogP contribution in [0.3, 0.4) is 0 Å². The van der Waals surface area contributed by atoms with Crippen molar-refractivity contribution in [3.05, 3.63) is 51.6 Å². The van der Waals surface area contributed by atoms with Gasteiger partial charge in [0, 0.05) is 43.3 Å². The lowest BCUT2D eigenvalue weighted by atomic mass is 10.2. The van der Waals surface area contributed by atoms with Crippen molar-refractivity contribution in [1.82, 2.24) is 15.4 Å². The van der Waals surface area contributed by atoms with E-state index in [1.165, 1.54) is 6.07 Å². The third kappa shape index (κ3) is 4.01. The first-order chi connectivity index (χ1) is 10.9. The van der Waals surface area contributed by atoms with Gasteiger partial charge in [0.05, 0.1) is 5.69 Å². The van der Waals surface area contributed by atoms with Gasteiger partial charge in [-0.1, -0.05) is 22.8 Å². The van der Waals surface area contributed by atoms with Gasteiger partial charge in [0.1, 0.15) is 11.6 Å². The van der Waals surface area contributed by atoms with E-state index < -0.39 is 0 Å². The van der Waals surface area contributed by atoms with Crippen LogP contribution in [0, 0.1) is 19.7 Å². The summed E-state index contributed by atoms with van der Waals surface area (Å²) >= 11 is 6.07. The topological polar surface area (TPSA) is 53.7 Å². The minimum Gasteiger partial charge on any atom is -0.361 e. The number of aliphatic imine (C=N–C) groups is 1. The van der Waals surface area contributed by atoms with Crippen molar-refractivity contribution >= 4 is 17.6 Å². The molecule has 0 spiro atoms. The van der Waals surface area contributed by atoms with Crippen molar-refractivity contribution in [2.45, 2.75) is 26.9 Å². The number of rotatable bonds is 4. The quantitative estimate of drug-likeness (QED) is 0.686. The summed E-state index contributed by atoms with van der Waals surface area (Å²) in [5, 5.41) is 7.54. The Bertz CT molecular complexity index is 674. The normalized spacial score (nSPS) is 11.7. The molecule has 0 unspecified atom stereocenters. The van der Waals surface area contributed by atoms with E-state index in [1.54, 1.807) is 19.2 Å². The van der Waals surface area contributed by atoms with Crippen molar-refractivity contribution in [1.29, 1.82) is 0 Å². The molecule has 0 saturated carbocycles. The highest BCUT2D eigenvalue weighted by Gasteiger charge is 2.14. The van der Waals surface area contributed by atoms with Crippen LogP contribution < -0.4 is 5.32 Å². The molecule has 1 heterocycles. The van der Waals surface area contributed by atoms with Crippen molar-refractivity contribution in [3.63, 3.8) is 0 Å². The van der Waals surface area contributed by atoms with Gasteiger partial charge in [0.2, 0.25) is 0 Å². The predicted molar refractivity (Wildman–Crippen MR) is 89.1 cm³/mol. The summed E-state index contributed by atoms with van der Waals surface area (Å²) in [4.78, 5) is 6.03. The average molecular weight is 339 g/mol. The summed E-state index contributed by atoms with van der Waals surface area (Å²) in [6.07, 6.45) is 0. The summed E-state index contributed by atoms with van der Waals surface area (Å²) in [7, 11) is 3.50. The number of aromatic nitrogens is 1. The molecular weight excluding hydrogens is 319 g/mol. The molecule has 0 amide bonds. The van der Waals surface area contributed by atoms with Gasteiger partial charge in [0.25, 0.3) is 0 Å². The summed E-state index contributed by atoms with van der Waals surface area (Å²) in [6.45, 7) is 4.59.